The summed E-state index contributed by atoms with van der Waals surface area (Å²) in [6.45, 7) is 3.94. The Bertz CT molecular complexity index is 1100. The molecule has 4 nitrogen and oxygen atoms in total. The molecule has 0 bridgehead atoms. The molecule has 0 amide bonds. The summed E-state index contributed by atoms with van der Waals surface area (Å²) in [6, 6.07) is 26.5. The third kappa shape index (κ3) is 4.92. The summed E-state index contributed by atoms with van der Waals surface area (Å²) in [5, 5.41) is 3.50. The summed E-state index contributed by atoms with van der Waals surface area (Å²) in [5.74, 6) is 0.218. The Morgan fingerprint density at radius 3 is 2.16 bits per heavy atom. The largest absolute Gasteiger partial charge is 0.316 e. The van der Waals surface area contributed by atoms with E-state index in [1.54, 1.807) is 28.6 Å². The van der Waals surface area contributed by atoms with E-state index in [1.807, 2.05) is 48.5 Å². The number of nitrogens with one attached hydrogen (secondary N) is 1. The van der Waals surface area contributed by atoms with Crippen LogP contribution in [0.4, 0.5) is 5.69 Å². The number of hydrogen-bond donors (Lipinski definition) is 1. The molecular weight excluding hydrogens is 484 g/mol. The molecule has 3 aromatic rings. The van der Waals surface area contributed by atoms with Crippen molar-refractivity contribution in [3.05, 3.63) is 95.0 Å². The van der Waals surface area contributed by atoms with Gasteiger partial charge in [-0.2, -0.15) is 0 Å². The highest BCUT2D eigenvalue weighted by molar-refractivity contribution is 9.10. The zero-order valence-electron chi connectivity index (χ0n) is 18.2. The highest BCUT2D eigenvalue weighted by Crippen LogP contribution is 2.38. The molecular formula is C26H29BrN2O2S. The minimum absolute atomic E-state index is 0.0199. The molecule has 1 N–H and O–H groups in total. The number of benzene rings is 3. The van der Waals surface area contributed by atoms with Crippen molar-refractivity contribution in [1.82, 2.24) is 5.32 Å². The van der Waals surface area contributed by atoms with Crippen molar-refractivity contribution in [1.29, 1.82) is 0 Å². The van der Waals surface area contributed by atoms with Crippen molar-refractivity contribution in [2.75, 3.05) is 17.4 Å². The molecule has 3 unspecified atom stereocenters. The predicted molar refractivity (Wildman–Crippen MR) is 134 cm³/mol. The van der Waals surface area contributed by atoms with Crippen LogP contribution < -0.4 is 9.62 Å². The van der Waals surface area contributed by atoms with Gasteiger partial charge < -0.3 is 5.32 Å². The van der Waals surface area contributed by atoms with Crippen LogP contribution in [0.3, 0.4) is 0 Å². The number of para-hydroxylation sites is 1. The second-order valence-electron chi connectivity index (χ2n) is 8.39. The molecule has 3 atom stereocenters. The van der Waals surface area contributed by atoms with Crippen molar-refractivity contribution in [3.63, 3.8) is 0 Å². The van der Waals surface area contributed by atoms with Crippen LogP contribution in [0.5, 0.6) is 0 Å². The third-order valence-corrected chi connectivity index (χ3v) is 8.68. The van der Waals surface area contributed by atoms with Crippen LogP contribution in [0.15, 0.2) is 94.3 Å². The molecule has 1 heterocycles. The fourth-order valence-electron chi connectivity index (χ4n) is 4.69. The molecule has 4 rings (SSSR count). The Kier molecular flexibility index (Phi) is 7.33. The van der Waals surface area contributed by atoms with Gasteiger partial charge in [-0.25, -0.2) is 8.42 Å². The molecule has 0 spiro atoms. The van der Waals surface area contributed by atoms with Gasteiger partial charge in [-0.05, 0) is 73.8 Å². The van der Waals surface area contributed by atoms with Gasteiger partial charge in [0.05, 0.1) is 16.6 Å². The first kappa shape index (κ1) is 23.0. The average molecular weight is 514 g/mol. The zero-order valence-corrected chi connectivity index (χ0v) is 20.6. The van der Waals surface area contributed by atoms with Gasteiger partial charge in [0.1, 0.15) is 0 Å². The van der Waals surface area contributed by atoms with E-state index >= 15 is 0 Å². The summed E-state index contributed by atoms with van der Waals surface area (Å²) < 4.78 is 30.8. The lowest BCUT2D eigenvalue weighted by Gasteiger charge is -2.43. The molecule has 168 valence electrons. The Hall–Kier alpha value is -2.15. The van der Waals surface area contributed by atoms with Gasteiger partial charge in [0.15, 0.2) is 0 Å². The Balaban J connectivity index is 1.87. The molecule has 0 saturated carbocycles. The SMILES string of the molecule is CC(c1ccccc1)C(C1CCCNC1)N(c1ccccc1)S(=O)(=O)c1ccc(Br)cc1. The van der Waals surface area contributed by atoms with Crippen molar-refractivity contribution in [2.45, 2.75) is 36.6 Å². The highest BCUT2D eigenvalue weighted by Gasteiger charge is 2.40. The lowest BCUT2D eigenvalue weighted by Crippen LogP contribution is -2.51. The maximum Gasteiger partial charge on any atom is 0.264 e. The summed E-state index contributed by atoms with van der Waals surface area (Å²) >= 11 is 3.42. The summed E-state index contributed by atoms with van der Waals surface area (Å²) in [4.78, 5) is 0.304. The monoisotopic (exact) mass is 512 g/mol. The molecule has 32 heavy (non-hydrogen) atoms. The maximum atomic E-state index is 14.2. The fraction of sp³-hybridized carbons (Fsp3) is 0.308. The molecule has 1 aliphatic rings. The zero-order chi connectivity index (χ0) is 22.6. The molecule has 0 radical (unpaired) electrons. The Labute approximate surface area is 199 Å². The molecule has 1 aliphatic heterocycles. The standard InChI is InChI=1S/C26H29BrN2O2S/c1-20(21-9-4-2-5-10-21)26(22-11-8-18-28-19-22)29(24-12-6-3-7-13-24)32(30,31)25-16-14-23(27)15-17-25/h2-7,9-10,12-17,20,22,26,28H,8,11,18-19H2,1H3. The summed E-state index contributed by atoms with van der Waals surface area (Å²) in [6.07, 6.45) is 2.04. The van der Waals surface area contributed by atoms with E-state index < -0.39 is 10.0 Å². The van der Waals surface area contributed by atoms with E-state index in [-0.39, 0.29) is 17.9 Å². The van der Waals surface area contributed by atoms with Crippen LogP contribution in [0, 0.1) is 5.92 Å². The smallest absolute Gasteiger partial charge is 0.264 e. The number of halogens is 1. The van der Waals surface area contributed by atoms with E-state index in [0.717, 1.165) is 36.0 Å². The number of piperidine rings is 1. The van der Waals surface area contributed by atoms with Gasteiger partial charge in [-0.3, -0.25) is 4.31 Å². The lowest BCUT2D eigenvalue weighted by atomic mass is 9.81. The molecule has 0 aromatic heterocycles. The van der Waals surface area contributed by atoms with Gasteiger partial charge in [-0.15, -0.1) is 0 Å². The second-order valence-corrected chi connectivity index (χ2v) is 11.1. The number of sulfonamides is 1. The topological polar surface area (TPSA) is 49.4 Å². The van der Waals surface area contributed by atoms with Gasteiger partial charge in [0.25, 0.3) is 10.0 Å². The van der Waals surface area contributed by atoms with E-state index in [0.29, 0.717) is 10.6 Å². The van der Waals surface area contributed by atoms with Crippen molar-refractivity contribution >= 4 is 31.6 Å². The van der Waals surface area contributed by atoms with Crippen LogP contribution in [-0.4, -0.2) is 27.5 Å². The Morgan fingerprint density at radius 1 is 0.938 bits per heavy atom. The fourth-order valence-corrected chi connectivity index (χ4v) is 6.74. The van der Waals surface area contributed by atoms with Gasteiger partial charge >= 0.3 is 0 Å². The Morgan fingerprint density at radius 2 is 1.56 bits per heavy atom. The van der Waals surface area contributed by atoms with Gasteiger partial charge in [0.2, 0.25) is 0 Å². The van der Waals surface area contributed by atoms with E-state index in [9.17, 15) is 8.42 Å². The first-order chi connectivity index (χ1) is 15.5. The maximum absolute atomic E-state index is 14.2. The lowest BCUT2D eigenvalue weighted by molar-refractivity contribution is 0.300. The summed E-state index contributed by atoms with van der Waals surface area (Å²) in [5.41, 5.74) is 1.85. The molecule has 0 aliphatic carbocycles. The van der Waals surface area contributed by atoms with Crippen LogP contribution >= 0.6 is 15.9 Å². The number of rotatable bonds is 7. The predicted octanol–water partition coefficient (Wildman–Crippen LogP) is 5.82. The molecule has 3 aromatic carbocycles. The number of anilines is 1. The minimum Gasteiger partial charge on any atom is -0.316 e. The van der Waals surface area contributed by atoms with E-state index in [2.05, 4.69) is 40.3 Å². The molecule has 1 saturated heterocycles. The van der Waals surface area contributed by atoms with Crippen LogP contribution in [-0.2, 0) is 10.0 Å². The van der Waals surface area contributed by atoms with E-state index in [1.165, 1.54) is 0 Å². The minimum atomic E-state index is -3.79. The van der Waals surface area contributed by atoms with Crippen LogP contribution in [0.1, 0.15) is 31.2 Å². The van der Waals surface area contributed by atoms with Crippen LogP contribution in [0.2, 0.25) is 0 Å². The quantitative estimate of drug-likeness (QED) is 0.434. The van der Waals surface area contributed by atoms with E-state index in [4.69, 9.17) is 0 Å². The summed E-state index contributed by atoms with van der Waals surface area (Å²) in [7, 11) is -3.79. The van der Waals surface area contributed by atoms with Crippen molar-refractivity contribution in [2.24, 2.45) is 5.92 Å². The van der Waals surface area contributed by atoms with Crippen molar-refractivity contribution in [3.8, 4) is 0 Å². The second kappa shape index (κ2) is 10.2. The van der Waals surface area contributed by atoms with Crippen molar-refractivity contribution < 1.29 is 8.42 Å². The third-order valence-electron chi connectivity index (χ3n) is 6.31. The first-order valence-electron chi connectivity index (χ1n) is 11.1. The number of nitrogens with zero attached hydrogens (tertiary/aromatic N) is 1. The molecule has 1 fully saturated rings. The molecule has 6 heteroatoms. The normalized spacial score (nSPS) is 18.6. The van der Waals surface area contributed by atoms with Gasteiger partial charge in [-0.1, -0.05) is 71.4 Å². The number of hydrogen-bond acceptors (Lipinski definition) is 3. The first-order valence-corrected chi connectivity index (χ1v) is 13.3. The van der Waals surface area contributed by atoms with Crippen LogP contribution in [0.25, 0.3) is 0 Å². The average Bonchev–Trinajstić information content (AvgIpc) is 2.84. The van der Waals surface area contributed by atoms with Gasteiger partial charge in [0, 0.05) is 10.4 Å². The highest BCUT2D eigenvalue weighted by atomic mass is 79.9.